The maximum atomic E-state index is 13.6. The third-order valence-corrected chi connectivity index (χ3v) is 5.68. The van der Waals surface area contributed by atoms with Crippen molar-refractivity contribution in [1.82, 2.24) is 9.55 Å². The lowest BCUT2D eigenvalue weighted by atomic mass is 9.95. The number of H-pyrrole nitrogens is 1. The lowest BCUT2D eigenvalue weighted by Gasteiger charge is -2.30. The van der Waals surface area contributed by atoms with E-state index in [0.717, 1.165) is 16.9 Å². The number of fused-ring (bicyclic) bond motifs is 1. The summed E-state index contributed by atoms with van der Waals surface area (Å²) in [6.07, 6.45) is 0.472. The average Bonchev–Trinajstić information content (AvgIpc) is 2.83. The number of nitrogens with two attached hydrogens (primary N) is 1. The molecular formula is C24H26N4O5. The molecule has 4 rings (SSSR count). The smallest absolute Gasteiger partial charge is 0.330 e. The SMILES string of the molecule is COCCN(C(=O)C1COc2ccccc2C1)c1c(N)n(Cc2ccccc2)c(=O)[nH]c1=O. The number of amides is 1. The number of ether oxygens (including phenoxy) is 2. The van der Waals surface area contributed by atoms with Gasteiger partial charge in [0, 0.05) is 13.7 Å². The number of aromatic amines is 1. The van der Waals surface area contributed by atoms with Crippen molar-refractivity contribution >= 4 is 17.4 Å². The highest BCUT2D eigenvalue weighted by Crippen LogP contribution is 2.29. The predicted octanol–water partition coefficient (Wildman–Crippen LogP) is 1.40. The van der Waals surface area contributed by atoms with Crippen LogP contribution < -0.4 is 26.6 Å². The largest absolute Gasteiger partial charge is 0.492 e. The van der Waals surface area contributed by atoms with Gasteiger partial charge in [-0.25, -0.2) is 4.79 Å². The number of benzene rings is 2. The minimum Gasteiger partial charge on any atom is -0.492 e. The van der Waals surface area contributed by atoms with Crippen molar-refractivity contribution in [3.63, 3.8) is 0 Å². The monoisotopic (exact) mass is 450 g/mol. The number of nitrogens with zero attached hydrogens (tertiary/aromatic N) is 2. The van der Waals surface area contributed by atoms with Gasteiger partial charge in [-0.1, -0.05) is 48.5 Å². The Hall–Kier alpha value is -3.85. The van der Waals surface area contributed by atoms with E-state index in [4.69, 9.17) is 15.2 Å². The van der Waals surface area contributed by atoms with Crippen LogP contribution in [0.25, 0.3) is 0 Å². The third kappa shape index (κ3) is 4.68. The summed E-state index contributed by atoms with van der Waals surface area (Å²) in [4.78, 5) is 42.6. The van der Waals surface area contributed by atoms with Gasteiger partial charge in [0.25, 0.3) is 5.56 Å². The van der Waals surface area contributed by atoms with Crippen LogP contribution in [0, 0.1) is 5.92 Å². The van der Waals surface area contributed by atoms with Crippen molar-refractivity contribution in [3.8, 4) is 5.75 Å². The first-order valence-corrected chi connectivity index (χ1v) is 10.7. The Labute approximate surface area is 190 Å². The summed E-state index contributed by atoms with van der Waals surface area (Å²) in [6, 6.07) is 16.8. The first-order valence-electron chi connectivity index (χ1n) is 10.7. The summed E-state index contributed by atoms with van der Waals surface area (Å²) in [6.45, 7) is 0.624. The molecule has 0 saturated carbocycles. The summed E-state index contributed by atoms with van der Waals surface area (Å²) < 4.78 is 12.2. The summed E-state index contributed by atoms with van der Waals surface area (Å²) in [5.41, 5.74) is 6.66. The quantitative estimate of drug-likeness (QED) is 0.562. The molecule has 1 aromatic heterocycles. The molecule has 3 aromatic rings. The van der Waals surface area contributed by atoms with Gasteiger partial charge in [-0.15, -0.1) is 0 Å². The summed E-state index contributed by atoms with van der Waals surface area (Å²) in [7, 11) is 1.51. The van der Waals surface area contributed by atoms with E-state index >= 15 is 0 Å². The van der Waals surface area contributed by atoms with E-state index in [1.54, 1.807) is 0 Å². The molecule has 172 valence electrons. The van der Waals surface area contributed by atoms with E-state index in [0.29, 0.717) is 6.42 Å². The molecule has 1 atom stereocenters. The van der Waals surface area contributed by atoms with Gasteiger partial charge in [-0.2, -0.15) is 0 Å². The van der Waals surface area contributed by atoms with Gasteiger partial charge >= 0.3 is 5.69 Å². The molecule has 9 heteroatoms. The first-order chi connectivity index (χ1) is 16.0. The van der Waals surface area contributed by atoms with E-state index < -0.39 is 17.2 Å². The van der Waals surface area contributed by atoms with Gasteiger partial charge in [-0.3, -0.25) is 19.1 Å². The zero-order valence-electron chi connectivity index (χ0n) is 18.3. The van der Waals surface area contributed by atoms with Gasteiger partial charge in [0.1, 0.15) is 18.2 Å². The molecule has 2 aromatic carbocycles. The number of nitrogens with one attached hydrogen (secondary N) is 1. The van der Waals surface area contributed by atoms with Crippen LogP contribution in [-0.4, -0.2) is 42.3 Å². The molecule has 0 bridgehead atoms. The van der Waals surface area contributed by atoms with Crippen LogP contribution >= 0.6 is 0 Å². The maximum Gasteiger partial charge on any atom is 0.330 e. The number of aromatic nitrogens is 2. The Bertz CT molecular complexity index is 1250. The zero-order chi connectivity index (χ0) is 23.4. The highest BCUT2D eigenvalue weighted by molar-refractivity contribution is 5.97. The van der Waals surface area contributed by atoms with Crippen molar-refractivity contribution in [1.29, 1.82) is 0 Å². The molecule has 0 spiro atoms. The Morgan fingerprint density at radius 3 is 2.67 bits per heavy atom. The molecule has 1 aliphatic heterocycles. The van der Waals surface area contributed by atoms with E-state index in [9.17, 15) is 14.4 Å². The predicted molar refractivity (Wildman–Crippen MR) is 125 cm³/mol. The second-order valence-corrected chi connectivity index (χ2v) is 7.87. The van der Waals surface area contributed by atoms with Crippen molar-refractivity contribution in [2.24, 2.45) is 5.92 Å². The van der Waals surface area contributed by atoms with Crippen LogP contribution in [0.3, 0.4) is 0 Å². The standard InChI is InChI=1S/C24H26N4O5/c1-32-12-11-27(23(30)18-13-17-9-5-6-10-19(17)33-15-18)20-21(25)28(24(31)26-22(20)29)14-16-7-3-2-4-8-16/h2-10,18H,11-15,25H2,1H3,(H,26,29,31). The zero-order valence-corrected chi connectivity index (χ0v) is 18.3. The number of anilines is 2. The lowest BCUT2D eigenvalue weighted by molar-refractivity contribution is -0.123. The first kappa shape index (κ1) is 22.3. The van der Waals surface area contributed by atoms with Crippen molar-refractivity contribution in [2.75, 3.05) is 37.5 Å². The molecule has 1 unspecified atom stereocenters. The Balaban J connectivity index is 1.71. The maximum absolute atomic E-state index is 13.6. The van der Waals surface area contributed by atoms with E-state index in [1.807, 2.05) is 54.6 Å². The molecule has 0 aliphatic carbocycles. The number of methoxy groups -OCH3 is 1. The third-order valence-electron chi connectivity index (χ3n) is 5.68. The van der Waals surface area contributed by atoms with Gasteiger partial charge in [-0.05, 0) is 23.6 Å². The molecular weight excluding hydrogens is 424 g/mol. The van der Waals surface area contributed by atoms with Gasteiger partial charge in [0.2, 0.25) is 5.91 Å². The molecule has 0 saturated heterocycles. The number of rotatable bonds is 7. The second-order valence-electron chi connectivity index (χ2n) is 7.87. The molecule has 33 heavy (non-hydrogen) atoms. The fourth-order valence-electron chi connectivity index (χ4n) is 3.98. The molecule has 9 nitrogen and oxygen atoms in total. The van der Waals surface area contributed by atoms with E-state index in [2.05, 4.69) is 4.98 Å². The normalized spacial score (nSPS) is 14.9. The fraction of sp³-hybridized carbons (Fsp3) is 0.292. The highest BCUT2D eigenvalue weighted by Gasteiger charge is 2.33. The lowest BCUT2D eigenvalue weighted by Crippen LogP contribution is -2.47. The average molecular weight is 450 g/mol. The highest BCUT2D eigenvalue weighted by atomic mass is 16.5. The number of carbonyl (C=O) groups excluding carboxylic acids is 1. The van der Waals surface area contributed by atoms with Crippen LogP contribution in [0.4, 0.5) is 11.5 Å². The number of para-hydroxylation sites is 1. The van der Waals surface area contributed by atoms with Crippen molar-refractivity contribution in [3.05, 3.63) is 86.6 Å². The number of nitrogen functional groups attached to an aromatic ring is 1. The molecule has 0 fully saturated rings. The molecule has 2 heterocycles. The second kappa shape index (κ2) is 9.74. The van der Waals surface area contributed by atoms with Crippen LogP contribution in [0.1, 0.15) is 11.1 Å². The Kier molecular flexibility index (Phi) is 6.60. The molecule has 0 radical (unpaired) electrons. The van der Waals surface area contributed by atoms with Crippen LogP contribution in [-0.2, 0) is 22.5 Å². The van der Waals surface area contributed by atoms with Crippen LogP contribution in [0.2, 0.25) is 0 Å². The van der Waals surface area contributed by atoms with Crippen LogP contribution in [0.5, 0.6) is 5.75 Å². The van der Waals surface area contributed by atoms with Gasteiger partial charge in [0.05, 0.1) is 19.1 Å². The molecule has 3 N–H and O–H groups in total. The topological polar surface area (TPSA) is 120 Å². The molecule has 1 amide bonds. The van der Waals surface area contributed by atoms with Gasteiger partial charge in [0.15, 0.2) is 5.69 Å². The Morgan fingerprint density at radius 1 is 1.18 bits per heavy atom. The van der Waals surface area contributed by atoms with E-state index in [-0.39, 0.29) is 43.7 Å². The number of hydrogen-bond acceptors (Lipinski definition) is 6. The number of hydrogen-bond donors (Lipinski definition) is 2. The molecule has 1 aliphatic rings. The van der Waals surface area contributed by atoms with Gasteiger partial charge < -0.3 is 20.1 Å². The summed E-state index contributed by atoms with van der Waals surface area (Å²) >= 11 is 0. The van der Waals surface area contributed by atoms with E-state index in [1.165, 1.54) is 16.6 Å². The summed E-state index contributed by atoms with van der Waals surface area (Å²) in [5.74, 6) is -0.151. The van der Waals surface area contributed by atoms with Crippen molar-refractivity contribution in [2.45, 2.75) is 13.0 Å². The Morgan fingerprint density at radius 2 is 1.91 bits per heavy atom. The summed E-state index contributed by atoms with van der Waals surface area (Å²) in [5, 5.41) is 0. The minimum absolute atomic E-state index is 0.0635. The fourth-order valence-corrected chi connectivity index (χ4v) is 3.98. The minimum atomic E-state index is -0.719. The van der Waals surface area contributed by atoms with Crippen LogP contribution in [0.15, 0.2) is 64.2 Å². The van der Waals surface area contributed by atoms with Crippen molar-refractivity contribution < 1.29 is 14.3 Å². The number of carbonyl (C=O) groups is 1.